The highest BCUT2D eigenvalue weighted by molar-refractivity contribution is 6.30. The van der Waals surface area contributed by atoms with Crippen molar-refractivity contribution in [2.24, 2.45) is 5.92 Å². The van der Waals surface area contributed by atoms with E-state index in [1.165, 1.54) is 16.7 Å². The van der Waals surface area contributed by atoms with Gasteiger partial charge in [0.25, 0.3) is 0 Å². The average Bonchev–Trinajstić information content (AvgIpc) is 2.91. The molecule has 4 rings (SSSR count). The number of amides is 1. The Morgan fingerprint density at radius 3 is 2.53 bits per heavy atom. The Morgan fingerprint density at radius 1 is 1.11 bits per heavy atom. The first-order chi connectivity index (χ1) is 17.5. The number of hydrogen-bond acceptors (Lipinski definition) is 6. The predicted molar refractivity (Wildman–Crippen MR) is 142 cm³/mol. The van der Waals surface area contributed by atoms with E-state index in [0.29, 0.717) is 24.9 Å². The number of ether oxygens (including phenoxy) is 2. The topological polar surface area (TPSA) is 74.3 Å². The van der Waals surface area contributed by atoms with Gasteiger partial charge in [0.15, 0.2) is 11.5 Å². The van der Waals surface area contributed by atoms with E-state index in [2.05, 4.69) is 39.4 Å². The molecule has 2 aromatic carbocycles. The molecule has 2 atom stereocenters. The van der Waals surface area contributed by atoms with Crippen LogP contribution in [0.3, 0.4) is 0 Å². The summed E-state index contributed by atoms with van der Waals surface area (Å²) in [5.74, 6) is 1.95. The second kappa shape index (κ2) is 12.8. The van der Waals surface area contributed by atoms with Crippen molar-refractivity contribution in [1.29, 1.82) is 0 Å². The van der Waals surface area contributed by atoms with E-state index < -0.39 is 0 Å². The summed E-state index contributed by atoms with van der Waals surface area (Å²) in [6, 6.07) is 12.7. The number of carbonyl (C=O) groups is 1. The van der Waals surface area contributed by atoms with Gasteiger partial charge in [-0.15, -0.1) is 0 Å². The maximum Gasteiger partial charge on any atom is 0.220 e. The number of nitrogens with zero attached hydrogens (tertiary/aromatic N) is 2. The normalized spacial score (nSPS) is 20.6. The molecule has 2 aliphatic heterocycles. The van der Waals surface area contributed by atoms with Crippen molar-refractivity contribution >= 4 is 17.5 Å². The first-order valence-electron chi connectivity index (χ1n) is 12.8. The number of hydrogen-bond donors (Lipinski definition) is 2. The molecule has 196 valence electrons. The molecule has 2 aliphatic rings. The number of aliphatic hydroxyl groups is 1. The van der Waals surface area contributed by atoms with E-state index in [9.17, 15) is 4.79 Å². The Bertz CT molecular complexity index is 1020. The van der Waals surface area contributed by atoms with Gasteiger partial charge in [0.2, 0.25) is 5.91 Å². The summed E-state index contributed by atoms with van der Waals surface area (Å²) in [4.78, 5) is 17.4. The maximum absolute atomic E-state index is 12.3. The fourth-order valence-electron chi connectivity index (χ4n) is 5.64. The van der Waals surface area contributed by atoms with E-state index in [0.717, 1.165) is 68.5 Å². The first-order valence-corrected chi connectivity index (χ1v) is 13.2. The van der Waals surface area contributed by atoms with Gasteiger partial charge >= 0.3 is 0 Å². The zero-order chi connectivity index (χ0) is 25.5. The van der Waals surface area contributed by atoms with Crippen molar-refractivity contribution in [3.05, 3.63) is 58.1 Å². The van der Waals surface area contributed by atoms with Crippen molar-refractivity contribution in [2.75, 3.05) is 47.0 Å². The quantitative estimate of drug-likeness (QED) is 0.504. The van der Waals surface area contributed by atoms with Gasteiger partial charge in [0.05, 0.1) is 20.8 Å². The van der Waals surface area contributed by atoms with Gasteiger partial charge in [0, 0.05) is 50.2 Å². The van der Waals surface area contributed by atoms with Crippen LogP contribution in [0.2, 0.25) is 5.02 Å². The highest BCUT2D eigenvalue weighted by Crippen LogP contribution is 2.36. The number of halogens is 1. The van der Waals surface area contributed by atoms with Crippen LogP contribution in [0, 0.1) is 5.92 Å². The van der Waals surface area contributed by atoms with Gasteiger partial charge in [-0.1, -0.05) is 23.7 Å². The van der Waals surface area contributed by atoms with Gasteiger partial charge in [0.1, 0.15) is 0 Å². The van der Waals surface area contributed by atoms with Crippen LogP contribution in [0.5, 0.6) is 11.5 Å². The first kappa shape index (κ1) is 26.7. The minimum atomic E-state index is -0.0336. The number of likely N-dealkylation sites (tertiary alicyclic amines) is 1. The number of nitrogens with one attached hydrogen (secondary N) is 1. The monoisotopic (exact) mass is 515 g/mol. The molecule has 2 N–H and O–H groups in total. The second-order valence-corrected chi connectivity index (χ2v) is 10.2. The van der Waals surface area contributed by atoms with Crippen LogP contribution in [-0.2, 0) is 24.3 Å². The smallest absolute Gasteiger partial charge is 0.220 e. The molecule has 8 heteroatoms. The number of methoxy groups -OCH3 is 2. The molecule has 0 radical (unpaired) electrons. The molecule has 1 amide bonds. The average molecular weight is 516 g/mol. The summed E-state index contributed by atoms with van der Waals surface area (Å²) >= 11 is 6.07. The third kappa shape index (κ3) is 6.71. The van der Waals surface area contributed by atoms with E-state index in [1.807, 2.05) is 12.1 Å². The minimum Gasteiger partial charge on any atom is -0.493 e. The molecule has 0 aliphatic carbocycles. The Morgan fingerprint density at radius 2 is 1.83 bits per heavy atom. The third-order valence-corrected chi connectivity index (χ3v) is 7.74. The van der Waals surface area contributed by atoms with Gasteiger partial charge in [-0.05, 0) is 72.7 Å². The van der Waals surface area contributed by atoms with Crippen molar-refractivity contribution in [3.63, 3.8) is 0 Å². The van der Waals surface area contributed by atoms with E-state index in [1.54, 1.807) is 14.2 Å². The fourth-order valence-corrected chi connectivity index (χ4v) is 5.77. The Balaban J connectivity index is 1.47. The summed E-state index contributed by atoms with van der Waals surface area (Å²) in [6.07, 6.45) is 3.35. The number of carbonyl (C=O) groups excluding carboxylic acids is 1. The molecule has 1 fully saturated rings. The molecule has 0 aromatic heterocycles. The molecule has 0 bridgehead atoms. The molecule has 2 heterocycles. The third-order valence-electron chi connectivity index (χ3n) is 7.49. The van der Waals surface area contributed by atoms with E-state index in [-0.39, 0.29) is 12.5 Å². The standard InChI is InChI=1S/C28H38ClN3O4/c1-35-26-15-21-9-13-32(19-23(21)16-27(26)36-2)25-10-12-31(17-20-3-6-24(29)7-4-20)18-22(25)5-8-28(34)30-11-14-33/h3-4,6-7,15-16,22,25,33H,5,8-14,17-19H2,1-2H3,(H,30,34)/t22-,25+/m0/s1. The number of benzene rings is 2. The summed E-state index contributed by atoms with van der Waals surface area (Å²) in [5.41, 5.74) is 3.87. The Hall–Kier alpha value is -2.32. The largest absolute Gasteiger partial charge is 0.493 e. The van der Waals surface area contributed by atoms with E-state index in [4.69, 9.17) is 26.2 Å². The summed E-state index contributed by atoms with van der Waals surface area (Å²) in [7, 11) is 3.36. The fraction of sp³-hybridized carbons (Fsp3) is 0.536. The lowest BCUT2D eigenvalue weighted by atomic mass is 9.85. The van der Waals surface area contributed by atoms with E-state index >= 15 is 0 Å². The maximum atomic E-state index is 12.3. The molecule has 1 saturated heterocycles. The van der Waals surface area contributed by atoms with Gasteiger partial charge in [-0.2, -0.15) is 0 Å². The van der Waals surface area contributed by atoms with Crippen molar-refractivity contribution < 1.29 is 19.4 Å². The SMILES string of the molecule is COc1cc2c(cc1OC)CN([C@@H]1CCN(Cc3ccc(Cl)cc3)C[C@@H]1CCC(=O)NCCO)CC2. The molecule has 0 spiro atoms. The Labute approximate surface area is 219 Å². The lowest BCUT2D eigenvalue weighted by molar-refractivity contribution is -0.121. The van der Waals surface area contributed by atoms with Crippen LogP contribution in [0.25, 0.3) is 0 Å². The molecule has 36 heavy (non-hydrogen) atoms. The van der Waals surface area contributed by atoms with Crippen molar-refractivity contribution in [3.8, 4) is 11.5 Å². The lowest BCUT2D eigenvalue weighted by Gasteiger charge is -2.45. The molecular weight excluding hydrogens is 478 g/mol. The number of piperidine rings is 1. The zero-order valence-corrected chi connectivity index (χ0v) is 22.1. The molecule has 0 saturated carbocycles. The van der Waals surface area contributed by atoms with Crippen LogP contribution in [0.4, 0.5) is 0 Å². The lowest BCUT2D eigenvalue weighted by Crippen LogP contribution is -2.52. The van der Waals surface area contributed by atoms with Gasteiger partial charge in [-0.3, -0.25) is 14.6 Å². The summed E-state index contributed by atoms with van der Waals surface area (Å²) in [6.45, 7) is 5.02. The molecule has 7 nitrogen and oxygen atoms in total. The van der Waals surface area contributed by atoms with Crippen LogP contribution in [0.1, 0.15) is 36.0 Å². The van der Waals surface area contributed by atoms with Gasteiger partial charge in [-0.25, -0.2) is 0 Å². The number of rotatable bonds is 10. The van der Waals surface area contributed by atoms with Crippen LogP contribution < -0.4 is 14.8 Å². The minimum absolute atomic E-state index is 0.0124. The Kier molecular flexibility index (Phi) is 9.48. The van der Waals surface area contributed by atoms with Crippen LogP contribution in [-0.4, -0.2) is 73.9 Å². The number of aliphatic hydroxyl groups excluding tert-OH is 1. The highest BCUT2D eigenvalue weighted by Gasteiger charge is 2.35. The number of fused-ring (bicyclic) bond motifs is 1. The van der Waals surface area contributed by atoms with Crippen molar-refractivity contribution in [2.45, 2.75) is 44.8 Å². The highest BCUT2D eigenvalue weighted by atomic mass is 35.5. The predicted octanol–water partition coefficient (Wildman–Crippen LogP) is 3.49. The van der Waals surface area contributed by atoms with Crippen molar-refractivity contribution in [1.82, 2.24) is 15.1 Å². The molecular formula is C28H38ClN3O4. The van der Waals surface area contributed by atoms with Crippen LogP contribution in [0.15, 0.2) is 36.4 Å². The zero-order valence-electron chi connectivity index (χ0n) is 21.3. The summed E-state index contributed by atoms with van der Waals surface area (Å²) < 4.78 is 11.1. The summed E-state index contributed by atoms with van der Waals surface area (Å²) in [5, 5.41) is 12.6. The molecule has 0 unspecified atom stereocenters. The second-order valence-electron chi connectivity index (χ2n) is 9.79. The van der Waals surface area contributed by atoms with Gasteiger partial charge < -0.3 is 19.9 Å². The molecule has 2 aromatic rings. The van der Waals surface area contributed by atoms with Crippen LogP contribution >= 0.6 is 11.6 Å².